The van der Waals surface area contributed by atoms with E-state index in [2.05, 4.69) is 254 Å². The first-order chi connectivity index (χ1) is 29.3. The highest BCUT2D eigenvalue weighted by atomic mass is 15.1. The van der Waals surface area contributed by atoms with E-state index in [0.29, 0.717) is 0 Å². The van der Waals surface area contributed by atoms with Gasteiger partial charge in [-0.15, -0.1) is 0 Å². The number of benzene rings is 10. The molecule has 0 spiro atoms. The smallest absolute Gasteiger partial charge is 0.0468 e. The highest BCUT2D eigenvalue weighted by Crippen LogP contribution is 2.45. The van der Waals surface area contributed by atoms with Crippen molar-refractivity contribution >= 4 is 27.8 Å². The molecular weight excluding hydrogens is 711 g/mol. The normalized spacial score (nSPS) is 11.1. The molecule has 0 aliphatic carbocycles. The Balaban J connectivity index is 1.08. The van der Waals surface area contributed by atoms with E-state index in [1.165, 1.54) is 77.5 Å². The second-order valence-electron chi connectivity index (χ2n) is 14.9. The molecule has 0 aliphatic heterocycles. The summed E-state index contributed by atoms with van der Waals surface area (Å²) in [5.41, 5.74) is 17.8. The number of nitrogens with zero attached hydrogens (tertiary/aromatic N) is 1. The molecule has 0 radical (unpaired) electrons. The van der Waals surface area contributed by atoms with Crippen molar-refractivity contribution in [2.75, 3.05) is 4.90 Å². The van der Waals surface area contributed by atoms with Crippen LogP contribution in [0.1, 0.15) is 0 Å². The zero-order chi connectivity index (χ0) is 39.4. The predicted octanol–water partition coefficient (Wildman–Crippen LogP) is 16.3. The van der Waals surface area contributed by atoms with Gasteiger partial charge in [0.2, 0.25) is 0 Å². The van der Waals surface area contributed by atoms with Crippen LogP contribution in [0.5, 0.6) is 0 Å². The number of hydrogen-bond acceptors (Lipinski definition) is 1. The Labute approximate surface area is 346 Å². The molecule has 0 heterocycles. The van der Waals surface area contributed by atoms with Gasteiger partial charge in [0.05, 0.1) is 0 Å². The van der Waals surface area contributed by atoms with E-state index in [1.54, 1.807) is 0 Å². The van der Waals surface area contributed by atoms with Crippen LogP contribution in [0.2, 0.25) is 0 Å². The summed E-state index contributed by atoms with van der Waals surface area (Å²) >= 11 is 0. The molecule has 0 atom stereocenters. The van der Waals surface area contributed by atoms with Crippen molar-refractivity contribution in [1.82, 2.24) is 0 Å². The van der Waals surface area contributed by atoms with Gasteiger partial charge < -0.3 is 4.90 Å². The van der Waals surface area contributed by atoms with Crippen LogP contribution < -0.4 is 4.90 Å². The van der Waals surface area contributed by atoms with Crippen LogP contribution in [0.4, 0.5) is 17.1 Å². The summed E-state index contributed by atoms with van der Waals surface area (Å²) in [5, 5.41) is 2.38. The first-order valence-electron chi connectivity index (χ1n) is 20.3. The van der Waals surface area contributed by atoms with Gasteiger partial charge in [0.1, 0.15) is 0 Å². The summed E-state index contributed by atoms with van der Waals surface area (Å²) in [5.74, 6) is 0. The van der Waals surface area contributed by atoms with Gasteiger partial charge >= 0.3 is 0 Å². The van der Waals surface area contributed by atoms with Crippen LogP contribution in [0, 0.1) is 0 Å². The predicted molar refractivity (Wildman–Crippen MR) is 251 cm³/mol. The molecule has 0 aliphatic rings. The molecule has 1 heteroatoms. The van der Waals surface area contributed by atoms with E-state index in [1.807, 2.05) is 0 Å². The third-order valence-corrected chi connectivity index (χ3v) is 11.3. The lowest BCUT2D eigenvalue weighted by Gasteiger charge is -2.26. The van der Waals surface area contributed by atoms with Crippen molar-refractivity contribution in [2.45, 2.75) is 0 Å². The van der Waals surface area contributed by atoms with Crippen molar-refractivity contribution in [3.8, 4) is 66.8 Å². The standard InChI is InChI=1S/C58H41N/c1-5-16-42(17-6-1)44-30-35-51(36-31-44)59(52-37-32-45(33-38-52)43-18-7-2-8-19-43)53-39-34-48-40-50(29-28-49(48)41-53)56-27-15-26-55(47-22-11-4-12-23-47)58(56)57-25-14-13-24-54(57)46-20-9-3-10-21-46/h1-41H. The molecule has 0 saturated heterocycles. The SMILES string of the molecule is c1ccc(-c2ccc(N(c3ccc(-c4ccccc4)cc3)c3ccc4cc(-c5cccc(-c6ccccc6)c5-c5ccccc5-c5ccccc5)ccc4c3)cc2)cc1. The lowest BCUT2D eigenvalue weighted by atomic mass is 9.84. The zero-order valence-electron chi connectivity index (χ0n) is 32.6. The molecule has 1 nitrogen and oxygen atoms in total. The molecule has 10 aromatic rings. The van der Waals surface area contributed by atoms with Gasteiger partial charge in [0.15, 0.2) is 0 Å². The van der Waals surface area contributed by atoms with Crippen molar-refractivity contribution in [2.24, 2.45) is 0 Å². The van der Waals surface area contributed by atoms with E-state index >= 15 is 0 Å². The fourth-order valence-corrected chi connectivity index (χ4v) is 8.37. The Kier molecular flexibility index (Phi) is 9.68. The molecule has 0 aromatic heterocycles. The first-order valence-corrected chi connectivity index (χ1v) is 20.3. The molecule has 0 amide bonds. The average molecular weight is 752 g/mol. The van der Waals surface area contributed by atoms with Gasteiger partial charge in [-0.1, -0.05) is 206 Å². The molecule has 0 bridgehead atoms. The molecule has 0 fully saturated rings. The summed E-state index contributed by atoms with van der Waals surface area (Å²) in [6.07, 6.45) is 0. The summed E-state index contributed by atoms with van der Waals surface area (Å²) in [4.78, 5) is 2.36. The van der Waals surface area contributed by atoms with E-state index < -0.39 is 0 Å². The molecule has 10 rings (SSSR count). The van der Waals surface area contributed by atoms with Crippen LogP contribution in [0.15, 0.2) is 249 Å². The molecule has 0 saturated carbocycles. The van der Waals surface area contributed by atoms with E-state index in [4.69, 9.17) is 0 Å². The molecule has 278 valence electrons. The Morgan fingerprint density at radius 2 is 0.559 bits per heavy atom. The van der Waals surface area contributed by atoms with Crippen molar-refractivity contribution < 1.29 is 0 Å². The fourth-order valence-electron chi connectivity index (χ4n) is 8.37. The minimum absolute atomic E-state index is 1.10. The minimum Gasteiger partial charge on any atom is -0.310 e. The van der Waals surface area contributed by atoms with Crippen LogP contribution in [-0.2, 0) is 0 Å². The fraction of sp³-hybridized carbons (Fsp3) is 0. The van der Waals surface area contributed by atoms with E-state index in [9.17, 15) is 0 Å². The highest BCUT2D eigenvalue weighted by molar-refractivity contribution is 6.01. The third-order valence-electron chi connectivity index (χ3n) is 11.3. The molecule has 10 aromatic carbocycles. The van der Waals surface area contributed by atoms with Crippen LogP contribution in [0.3, 0.4) is 0 Å². The van der Waals surface area contributed by atoms with Gasteiger partial charge in [-0.3, -0.25) is 0 Å². The van der Waals surface area contributed by atoms with Crippen LogP contribution >= 0.6 is 0 Å². The summed E-state index contributed by atoms with van der Waals surface area (Å²) < 4.78 is 0. The van der Waals surface area contributed by atoms with Crippen molar-refractivity contribution in [3.63, 3.8) is 0 Å². The Morgan fingerprint density at radius 1 is 0.203 bits per heavy atom. The number of anilines is 3. The van der Waals surface area contributed by atoms with Gasteiger partial charge in [0, 0.05) is 17.1 Å². The Morgan fingerprint density at radius 3 is 1.10 bits per heavy atom. The second kappa shape index (κ2) is 16.0. The Hall–Kier alpha value is -7.74. The monoisotopic (exact) mass is 751 g/mol. The highest BCUT2D eigenvalue weighted by Gasteiger charge is 2.19. The van der Waals surface area contributed by atoms with Gasteiger partial charge in [-0.2, -0.15) is 0 Å². The minimum atomic E-state index is 1.10. The van der Waals surface area contributed by atoms with Crippen molar-refractivity contribution in [1.29, 1.82) is 0 Å². The van der Waals surface area contributed by atoms with E-state index in [-0.39, 0.29) is 0 Å². The third kappa shape index (κ3) is 7.23. The molecule has 0 unspecified atom stereocenters. The maximum absolute atomic E-state index is 2.36. The number of fused-ring (bicyclic) bond motifs is 1. The van der Waals surface area contributed by atoms with Crippen LogP contribution in [0.25, 0.3) is 77.5 Å². The lowest BCUT2D eigenvalue weighted by Crippen LogP contribution is -2.09. The summed E-state index contributed by atoms with van der Waals surface area (Å²) in [6, 6.07) is 89.8. The van der Waals surface area contributed by atoms with Crippen LogP contribution in [-0.4, -0.2) is 0 Å². The quantitative estimate of drug-likeness (QED) is 0.142. The first kappa shape index (κ1) is 35.7. The van der Waals surface area contributed by atoms with Crippen molar-refractivity contribution in [3.05, 3.63) is 249 Å². The topological polar surface area (TPSA) is 3.24 Å². The zero-order valence-corrected chi connectivity index (χ0v) is 32.6. The maximum atomic E-state index is 2.36. The summed E-state index contributed by atoms with van der Waals surface area (Å²) in [6.45, 7) is 0. The Bertz CT molecular complexity index is 2910. The largest absolute Gasteiger partial charge is 0.310 e. The van der Waals surface area contributed by atoms with Gasteiger partial charge in [0.25, 0.3) is 0 Å². The number of rotatable bonds is 9. The van der Waals surface area contributed by atoms with Gasteiger partial charge in [-0.05, 0) is 120 Å². The average Bonchev–Trinajstić information content (AvgIpc) is 3.33. The maximum Gasteiger partial charge on any atom is 0.0468 e. The molecule has 0 N–H and O–H groups in total. The van der Waals surface area contributed by atoms with Gasteiger partial charge in [-0.25, -0.2) is 0 Å². The molecular formula is C58H41N. The van der Waals surface area contributed by atoms with E-state index in [0.717, 1.165) is 17.1 Å². The lowest BCUT2D eigenvalue weighted by molar-refractivity contribution is 1.29. The molecule has 59 heavy (non-hydrogen) atoms. The number of hydrogen-bond donors (Lipinski definition) is 0. The summed E-state index contributed by atoms with van der Waals surface area (Å²) in [7, 11) is 0. The second-order valence-corrected chi connectivity index (χ2v) is 14.9.